The molecule has 0 aliphatic rings. The van der Waals surface area contributed by atoms with Crippen LogP contribution in [0.1, 0.15) is 39.0 Å². The van der Waals surface area contributed by atoms with Gasteiger partial charge in [-0.3, -0.25) is 9.69 Å². The zero-order valence-corrected chi connectivity index (χ0v) is 22.7. The van der Waals surface area contributed by atoms with Crippen molar-refractivity contribution < 1.29 is 4.74 Å². The van der Waals surface area contributed by atoms with E-state index in [0.29, 0.717) is 37.6 Å². The molecule has 0 aliphatic heterocycles. The first-order chi connectivity index (χ1) is 18.5. The van der Waals surface area contributed by atoms with Crippen molar-refractivity contribution in [3.8, 4) is 0 Å². The van der Waals surface area contributed by atoms with Gasteiger partial charge in [0.05, 0.1) is 13.2 Å². The summed E-state index contributed by atoms with van der Waals surface area (Å²) in [7, 11) is 1.66. The molecule has 0 saturated carbocycles. The molecule has 9 heteroatoms. The average molecular weight is 529 g/mol. The molecule has 0 radical (unpaired) electrons. The Balaban J connectivity index is 1.64. The van der Waals surface area contributed by atoms with Crippen molar-refractivity contribution in [2.45, 2.75) is 39.4 Å². The van der Waals surface area contributed by atoms with Crippen LogP contribution >= 0.6 is 11.3 Å². The number of H-pyrrole nitrogens is 1. The fraction of sp³-hybridized carbons (Fsp3) is 0.310. The van der Waals surface area contributed by atoms with Crippen molar-refractivity contribution in [1.29, 1.82) is 0 Å². The molecule has 5 aromatic rings. The van der Waals surface area contributed by atoms with Gasteiger partial charge in [0.1, 0.15) is 6.04 Å². The molecule has 0 amide bonds. The summed E-state index contributed by atoms with van der Waals surface area (Å²) in [5.74, 6) is 0.625. The number of nitrogens with one attached hydrogen (secondary N) is 1. The highest BCUT2D eigenvalue weighted by atomic mass is 32.1. The largest absolute Gasteiger partial charge is 0.383 e. The highest BCUT2D eigenvalue weighted by Gasteiger charge is 2.31. The summed E-state index contributed by atoms with van der Waals surface area (Å²) in [6.45, 7) is 6.48. The molecule has 2 aromatic carbocycles. The van der Waals surface area contributed by atoms with Crippen LogP contribution in [0, 0.1) is 13.8 Å². The number of hydrogen-bond acceptors (Lipinski definition) is 7. The molecule has 0 aliphatic carbocycles. The number of benzene rings is 2. The predicted molar refractivity (Wildman–Crippen MR) is 150 cm³/mol. The van der Waals surface area contributed by atoms with Crippen LogP contribution in [0.5, 0.6) is 0 Å². The first-order valence-corrected chi connectivity index (χ1v) is 13.6. The number of nitrogens with zero attached hydrogens (tertiary/aromatic N) is 5. The minimum absolute atomic E-state index is 0.136. The van der Waals surface area contributed by atoms with Gasteiger partial charge in [-0.2, -0.15) is 0 Å². The summed E-state index contributed by atoms with van der Waals surface area (Å²) in [4.78, 5) is 20.3. The van der Waals surface area contributed by atoms with Crippen LogP contribution in [0.15, 0.2) is 70.8 Å². The normalized spacial score (nSPS) is 12.4. The molecule has 38 heavy (non-hydrogen) atoms. The van der Waals surface area contributed by atoms with Crippen LogP contribution in [0.2, 0.25) is 0 Å². The minimum atomic E-state index is -0.456. The van der Waals surface area contributed by atoms with Gasteiger partial charge in [0, 0.05) is 36.2 Å². The quantitative estimate of drug-likeness (QED) is 0.268. The van der Waals surface area contributed by atoms with Crippen LogP contribution in [0.4, 0.5) is 0 Å². The highest BCUT2D eigenvalue weighted by molar-refractivity contribution is 7.09. The summed E-state index contributed by atoms with van der Waals surface area (Å²) >= 11 is 1.71. The summed E-state index contributed by atoms with van der Waals surface area (Å²) in [6, 6.07) is 20.3. The molecule has 3 aromatic heterocycles. The van der Waals surface area contributed by atoms with Crippen molar-refractivity contribution in [2.75, 3.05) is 20.3 Å². The molecule has 0 bridgehead atoms. The Kier molecular flexibility index (Phi) is 8.07. The number of methoxy groups -OCH3 is 1. The Morgan fingerprint density at radius 1 is 1.08 bits per heavy atom. The van der Waals surface area contributed by atoms with Crippen LogP contribution < -0.4 is 5.56 Å². The van der Waals surface area contributed by atoms with Crippen molar-refractivity contribution in [3.63, 3.8) is 0 Å². The van der Waals surface area contributed by atoms with Crippen molar-refractivity contribution in [3.05, 3.63) is 109 Å². The molecule has 0 fully saturated rings. The number of tetrazole rings is 1. The fourth-order valence-electron chi connectivity index (χ4n) is 4.76. The van der Waals surface area contributed by atoms with Gasteiger partial charge in [0.25, 0.3) is 5.56 Å². The lowest BCUT2D eigenvalue weighted by atomic mass is 10.00. The molecule has 0 spiro atoms. The van der Waals surface area contributed by atoms with E-state index in [1.54, 1.807) is 23.1 Å². The van der Waals surface area contributed by atoms with E-state index >= 15 is 0 Å². The SMILES string of the molecule is COCCn1nnnc1[C@H](c1cc2cc(C)c(C)cc2[nH]c1=O)N(CCc1ccccc1)Cc1cccs1. The van der Waals surface area contributed by atoms with Gasteiger partial charge in [0.2, 0.25) is 0 Å². The molecule has 8 nitrogen and oxygen atoms in total. The number of ether oxygens (including phenoxy) is 1. The Hall–Kier alpha value is -3.66. The van der Waals surface area contributed by atoms with Crippen LogP contribution in [0.3, 0.4) is 0 Å². The smallest absolute Gasteiger partial charge is 0.253 e. The Bertz CT molecular complexity index is 1540. The van der Waals surface area contributed by atoms with E-state index in [1.807, 2.05) is 18.2 Å². The van der Waals surface area contributed by atoms with E-state index in [9.17, 15) is 4.79 Å². The topological polar surface area (TPSA) is 88.9 Å². The molecule has 1 N–H and O–H groups in total. The third-order valence-corrected chi connectivity index (χ3v) is 7.79. The van der Waals surface area contributed by atoms with Gasteiger partial charge in [-0.15, -0.1) is 16.4 Å². The van der Waals surface area contributed by atoms with Gasteiger partial charge in [-0.1, -0.05) is 36.4 Å². The second kappa shape index (κ2) is 11.8. The van der Waals surface area contributed by atoms with E-state index in [1.165, 1.54) is 16.0 Å². The van der Waals surface area contributed by atoms with Crippen molar-refractivity contribution in [2.24, 2.45) is 0 Å². The molecule has 0 saturated heterocycles. The maximum Gasteiger partial charge on any atom is 0.253 e. The van der Waals surface area contributed by atoms with E-state index in [-0.39, 0.29) is 5.56 Å². The van der Waals surface area contributed by atoms with Gasteiger partial charge in [0.15, 0.2) is 5.82 Å². The lowest BCUT2D eigenvalue weighted by molar-refractivity contribution is 0.172. The lowest BCUT2D eigenvalue weighted by Crippen LogP contribution is -2.36. The molecule has 196 valence electrons. The Morgan fingerprint density at radius 2 is 1.89 bits per heavy atom. The van der Waals surface area contributed by atoms with Gasteiger partial charge in [-0.05, 0) is 82.4 Å². The number of aromatic amines is 1. The van der Waals surface area contributed by atoms with E-state index in [4.69, 9.17) is 4.74 Å². The van der Waals surface area contributed by atoms with Gasteiger partial charge >= 0.3 is 0 Å². The number of rotatable bonds is 11. The zero-order valence-electron chi connectivity index (χ0n) is 21.9. The van der Waals surface area contributed by atoms with Gasteiger partial charge < -0.3 is 9.72 Å². The first kappa shape index (κ1) is 26.0. The van der Waals surface area contributed by atoms with Crippen LogP contribution in [0.25, 0.3) is 10.9 Å². The molecule has 3 heterocycles. The molecule has 0 unspecified atom stereocenters. The van der Waals surface area contributed by atoms with Crippen molar-refractivity contribution >= 4 is 22.2 Å². The molecule has 1 atom stereocenters. The predicted octanol–water partition coefficient (Wildman–Crippen LogP) is 4.67. The summed E-state index contributed by atoms with van der Waals surface area (Å²) in [5.41, 5.74) is 4.87. The van der Waals surface area contributed by atoms with Crippen LogP contribution in [-0.2, 0) is 24.2 Å². The minimum Gasteiger partial charge on any atom is -0.383 e. The third kappa shape index (κ3) is 5.75. The Labute approximate surface area is 225 Å². The number of pyridine rings is 1. The monoisotopic (exact) mass is 528 g/mol. The van der Waals surface area contributed by atoms with E-state index in [2.05, 4.69) is 87.1 Å². The number of aryl methyl sites for hydroxylation is 2. The lowest BCUT2D eigenvalue weighted by Gasteiger charge is -2.31. The molecule has 5 rings (SSSR count). The zero-order chi connectivity index (χ0) is 26.5. The fourth-order valence-corrected chi connectivity index (χ4v) is 5.49. The number of fused-ring (bicyclic) bond motifs is 1. The van der Waals surface area contributed by atoms with Gasteiger partial charge in [-0.25, -0.2) is 4.68 Å². The van der Waals surface area contributed by atoms with Crippen LogP contribution in [-0.4, -0.2) is 50.4 Å². The third-order valence-electron chi connectivity index (χ3n) is 6.93. The second-order valence-electron chi connectivity index (χ2n) is 9.52. The summed E-state index contributed by atoms with van der Waals surface area (Å²) in [5, 5.41) is 15.8. The second-order valence-corrected chi connectivity index (χ2v) is 10.6. The standard InChI is InChI=1S/C29H32N6O2S/c1-20-16-23-18-25(29(36)30-26(23)17-21(20)2)27(28-31-32-33-35(28)13-14-37-3)34(19-24-10-7-15-38-24)12-11-22-8-5-4-6-9-22/h4-10,15-18,27H,11-14,19H2,1-3H3,(H,30,36)/t27-/m0/s1. The number of thiophene rings is 1. The van der Waals surface area contributed by atoms with E-state index in [0.717, 1.165) is 22.9 Å². The summed E-state index contributed by atoms with van der Waals surface area (Å²) < 4.78 is 7.07. The summed E-state index contributed by atoms with van der Waals surface area (Å²) in [6.07, 6.45) is 0.826. The maximum atomic E-state index is 13.7. The Morgan fingerprint density at radius 3 is 2.66 bits per heavy atom. The highest BCUT2D eigenvalue weighted by Crippen LogP contribution is 2.30. The maximum absolute atomic E-state index is 13.7. The number of hydrogen-bond donors (Lipinski definition) is 1. The van der Waals surface area contributed by atoms with E-state index < -0.39 is 6.04 Å². The average Bonchev–Trinajstić information content (AvgIpc) is 3.60. The van der Waals surface area contributed by atoms with Crippen molar-refractivity contribution in [1.82, 2.24) is 30.1 Å². The first-order valence-electron chi connectivity index (χ1n) is 12.7. The number of aromatic nitrogens is 5. The molecular formula is C29H32N6O2S. The molecular weight excluding hydrogens is 496 g/mol.